The quantitative estimate of drug-likeness (QED) is 0.522. The van der Waals surface area contributed by atoms with Crippen molar-refractivity contribution in [1.29, 1.82) is 0 Å². The van der Waals surface area contributed by atoms with Gasteiger partial charge in [-0.1, -0.05) is 6.07 Å². The Morgan fingerprint density at radius 3 is 2.47 bits per heavy atom. The van der Waals surface area contributed by atoms with E-state index in [-0.39, 0.29) is 48.1 Å². The largest absolute Gasteiger partial charge is 0.466 e. The molecule has 2 aliphatic rings. The first-order valence-electron chi connectivity index (χ1n) is 12.0. The topological polar surface area (TPSA) is 113 Å². The molecule has 0 spiro atoms. The number of benzene rings is 1. The highest BCUT2D eigenvalue weighted by atomic mass is 32.2. The number of hydrogen-bond acceptors (Lipinski definition) is 6. The van der Waals surface area contributed by atoms with E-state index in [2.05, 4.69) is 4.72 Å². The van der Waals surface area contributed by atoms with E-state index in [0.29, 0.717) is 32.5 Å². The van der Waals surface area contributed by atoms with Gasteiger partial charge >= 0.3 is 5.97 Å². The molecule has 1 saturated heterocycles. The molecule has 188 valence electrons. The number of likely N-dealkylation sites (N-methyl/N-ethyl adjacent to an activating group) is 1. The Bertz CT molecular complexity index is 1000. The number of esters is 1. The molecule has 10 heteroatoms. The molecule has 1 aliphatic heterocycles. The van der Waals surface area contributed by atoms with E-state index in [1.165, 1.54) is 17.5 Å². The molecule has 0 aromatic heterocycles. The summed E-state index contributed by atoms with van der Waals surface area (Å²) in [7, 11) is -2.17. The van der Waals surface area contributed by atoms with Crippen molar-refractivity contribution in [3.05, 3.63) is 29.3 Å². The van der Waals surface area contributed by atoms with Crippen molar-refractivity contribution in [2.75, 3.05) is 39.8 Å². The van der Waals surface area contributed by atoms with Crippen LogP contribution in [-0.4, -0.2) is 75.8 Å². The SMILES string of the molecule is CCOC(=O)C1CCN(C(=O)CN(C)C(=O)CCNS(=O)(=O)c2ccc3c(c2)CCCC3)CC1. The summed E-state index contributed by atoms with van der Waals surface area (Å²) in [6.45, 7) is 2.88. The molecule has 0 bridgehead atoms. The number of carbonyl (C=O) groups excluding carboxylic acids is 3. The van der Waals surface area contributed by atoms with Crippen LogP contribution in [0.1, 0.15) is 50.2 Å². The van der Waals surface area contributed by atoms with E-state index >= 15 is 0 Å². The Balaban J connectivity index is 1.42. The van der Waals surface area contributed by atoms with E-state index in [1.54, 1.807) is 24.0 Å². The highest BCUT2D eigenvalue weighted by molar-refractivity contribution is 7.89. The van der Waals surface area contributed by atoms with E-state index in [9.17, 15) is 22.8 Å². The Kier molecular flexibility index (Phi) is 9.07. The predicted octanol–water partition coefficient (Wildman–Crippen LogP) is 1.49. The molecule has 3 rings (SSSR count). The van der Waals surface area contributed by atoms with Crippen LogP contribution >= 0.6 is 0 Å². The molecular formula is C24H35N3O6S. The van der Waals surface area contributed by atoms with Crippen LogP contribution in [0, 0.1) is 5.92 Å². The zero-order chi connectivity index (χ0) is 24.7. The zero-order valence-electron chi connectivity index (χ0n) is 20.0. The first-order valence-corrected chi connectivity index (χ1v) is 13.5. The number of rotatable bonds is 9. The lowest BCUT2D eigenvalue weighted by Crippen LogP contribution is -2.46. The number of hydrogen-bond donors (Lipinski definition) is 1. The summed E-state index contributed by atoms with van der Waals surface area (Å²) in [5.74, 6) is -0.915. The number of likely N-dealkylation sites (tertiary alicyclic amines) is 1. The first kappa shape index (κ1) is 26.2. The Morgan fingerprint density at radius 2 is 1.79 bits per heavy atom. The summed E-state index contributed by atoms with van der Waals surface area (Å²) in [4.78, 5) is 40.0. The molecule has 9 nitrogen and oxygen atoms in total. The lowest BCUT2D eigenvalue weighted by Gasteiger charge is -2.32. The lowest BCUT2D eigenvalue weighted by molar-refractivity contribution is -0.151. The normalized spacial score (nSPS) is 16.6. The molecule has 1 aliphatic carbocycles. The van der Waals surface area contributed by atoms with Crippen LogP contribution in [0.2, 0.25) is 0 Å². The van der Waals surface area contributed by atoms with Gasteiger partial charge in [-0.05, 0) is 68.7 Å². The minimum Gasteiger partial charge on any atom is -0.466 e. The predicted molar refractivity (Wildman–Crippen MR) is 126 cm³/mol. The fraction of sp³-hybridized carbons (Fsp3) is 0.625. The second-order valence-electron chi connectivity index (χ2n) is 8.94. The second-order valence-corrected chi connectivity index (χ2v) is 10.7. The standard InChI is InChI=1S/C24H35N3O6S/c1-3-33-24(30)19-11-14-27(15-12-19)23(29)17-26(2)22(28)10-13-25-34(31,32)21-9-8-18-6-4-5-7-20(18)16-21/h8-9,16,19,25H,3-7,10-15,17H2,1-2H3. The summed E-state index contributed by atoms with van der Waals surface area (Å²) in [6.07, 6.45) is 5.11. The van der Waals surface area contributed by atoms with Gasteiger partial charge in [-0.2, -0.15) is 0 Å². The molecule has 0 radical (unpaired) electrons. The highest BCUT2D eigenvalue weighted by Gasteiger charge is 2.29. The van der Waals surface area contributed by atoms with Gasteiger partial charge in [-0.25, -0.2) is 13.1 Å². The van der Waals surface area contributed by atoms with Crippen molar-refractivity contribution >= 4 is 27.8 Å². The van der Waals surface area contributed by atoms with Gasteiger partial charge in [0.1, 0.15) is 0 Å². The maximum Gasteiger partial charge on any atom is 0.309 e. The summed E-state index contributed by atoms with van der Waals surface area (Å²) in [5, 5.41) is 0. The maximum atomic E-state index is 12.6. The Labute approximate surface area is 201 Å². The molecule has 1 N–H and O–H groups in total. The molecule has 1 heterocycles. The third-order valence-electron chi connectivity index (χ3n) is 6.53. The second kappa shape index (κ2) is 11.8. The average Bonchev–Trinajstić information content (AvgIpc) is 2.83. The molecule has 0 saturated carbocycles. The van der Waals surface area contributed by atoms with Gasteiger partial charge in [-0.3, -0.25) is 14.4 Å². The molecule has 1 fully saturated rings. The van der Waals surface area contributed by atoms with Crippen molar-refractivity contribution in [3.8, 4) is 0 Å². The van der Waals surface area contributed by atoms with Gasteiger partial charge in [-0.15, -0.1) is 0 Å². The molecular weight excluding hydrogens is 458 g/mol. The van der Waals surface area contributed by atoms with Crippen molar-refractivity contribution in [2.24, 2.45) is 5.92 Å². The summed E-state index contributed by atoms with van der Waals surface area (Å²) in [6, 6.07) is 5.22. The number of nitrogens with zero attached hydrogens (tertiary/aromatic N) is 2. The monoisotopic (exact) mass is 493 g/mol. The highest BCUT2D eigenvalue weighted by Crippen LogP contribution is 2.24. The van der Waals surface area contributed by atoms with Crippen molar-refractivity contribution < 1.29 is 27.5 Å². The van der Waals surface area contributed by atoms with E-state index < -0.39 is 10.0 Å². The van der Waals surface area contributed by atoms with E-state index in [1.807, 2.05) is 6.07 Å². The summed E-state index contributed by atoms with van der Waals surface area (Å²) in [5.41, 5.74) is 2.28. The number of piperidine rings is 1. The Hall–Kier alpha value is -2.46. The fourth-order valence-corrected chi connectivity index (χ4v) is 5.54. The van der Waals surface area contributed by atoms with Crippen molar-refractivity contribution in [1.82, 2.24) is 14.5 Å². The van der Waals surface area contributed by atoms with Crippen LogP contribution in [0.4, 0.5) is 0 Å². The van der Waals surface area contributed by atoms with E-state index in [4.69, 9.17) is 4.74 Å². The van der Waals surface area contributed by atoms with Gasteiger partial charge in [0.05, 0.1) is 24.0 Å². The lowest BCUT2D eigenvalue weighted by atomic mass is 9.92. The molecule has 1 aromatic carbocycles. The van der Waals surface area contributed by atoms with Crippen LogP contribution in [0.3, 0.4) is 0 Å². The third kappa shape index (κ3) is 6.79. The number of amides is 2. The van der Waals surface area contributed by atoms with Crippen LogP contribution in [0.15, 0.2) is 23.1 Å². The summed E-state index contributed by atoms with van der Waals surface area (Å²) >= 11 is 0. The van der Waals surface area contributed by atoms with Gasteiger partial charge in [0.2, 0.25) is 21.8 Å². The number of carbonyl (C=O) groups is 3. The Morgan fingerprint density at radius 1 is 1.12 bits per heavy atom. The molecule has 0 atom stereocenters. The number of nitrogens with one attached hydrogen (secondary N) is 1. The third-order valence-corrected chi connectivity index (χ3v) is 7.99. The number of ether oxygens (including phenoxy) is 1. The average molecular weight is 494 g/mol. The van der Waals surface area contributed by atoms with Crippen LogP contribution in [0.5, 0.6) is 0 Å². The van der Waals surface area contributed by atoms with Gasteiger partial charge in [0.25, 0.3) is 0 Å². The summed E-state index contributed by atoms with van der Waals surface area (Å²) < 4.78 is 32.8. The molecule has 2 amide bonds. The van der Waals surface area contributed by atoms with Crippen molar-refractivity contribution in [2.45, 2.75) is 56.8 Å². The number of sulfonamides is 1. The van der Waals surface area contributed by atoms with Crippen molar-refractivity contribution in [3.63, 3.8) is 0 Å². The number of aryl methyl sites for hydroxylation is 2. The van der Waals surface area contributed by atoms with Gasteiger partial charge < -0.3 is 14.5 Å². The van der Waals surface area contributed by atoms with Crippen LogP contribution in [0.25, 0.3) is 0 Å². The maximum absolute atomic E-state index is 12.6. The number of fused-ring (bicyclic) bond motifs is 1. The first-order chi connectivity index (χ1) is 16.2. The van der Waals surface area contributed by atoms with E-state index in [0.717, 1.165) is 31.2 Å². The molecule has 34 heavy (non-hydrogen) atoms. The minimum atomic E-state index is -3.71. The fourth-order valence-electron chi connectivity index (χ4n) is 4.46. The molecule has 1 aromatic rings. The molecule has 0 unspecified atom stereocenters. The smallest absolute Gasteiger partial charge is 0.309 e. The van der Waals surface area contributed by atoms with Gasteiger partial charge in [0, 0.05) is 33.1 Å². The van der Waals surface area contributed by atoms with Gasteiger partial charge in [0.15, 0.2) is 0 Å². The zero-order valence-corrected chi connectivity index (χ0v) is 20.9. The van der Waals surface area contributed by atoms with Crippen LogP contribution in [-0.2, 0) is 42.0 Å². The van der Waals surface area contributed by atoms with Crippen LogP contribution < -0.4 is 4.72 Å². The minimum absolute atomic E-state index is 0.0400.